The minimum Gasteiger partial charge on any atom is -0.464 e. The lowest BCUT2D eigenvalue weighted by Gasteiger charge is -2.17. The standard InChI is InChI=1S/C23H42N2O2/c1-23(2,3)16-14-12-10-8-6-7-9-11-13-15-17-24-20-18-21(22(26)27-5)25(4)19-20/h18-19,24H,6-17H2,1-5H3. The Morgan fingerprint density at radius 2 is 1.48 bits per heavy atom. The van der Waals surface area contributed by atoms with Crippen molar-refractivity contribution in [3.05, 3.63) is 18.0 Å². The summed E-state index contributed by atoms with van der Waals surface area (Å²) in [6.07, 6.45) is 16.8. The Morgan fingerprint density at radius 3 is 2.00 bits per heavy atom. The van der Waals surface area contributed by atoms with E-state index in [-0.39, 0.29) is 5.97 Å². The molecule has 4 heteroatoms. The van der Waals surface area contributed by atoms with Gasteiger partial charge < -0.3 is 14.6 Å². The van der Waals surface area contributed by atoms with Gasteiger partial charge in [0.25, 0.3) is 0 Å². The second-order valence-corrected chi connectivity index (χ2v) is 8.99. The molecule has 0 bridgehead atoms. The summed E-state index contributed by atoms with van der Waals surface area (Å²) in [6, 6.07) is 1.85. The van der Waals surface area contributed by atoms with Crippen LogP contribution in [0.5, 0.6) is 0 Å². The van der Waals surface area contributed by atoms with Crippen molar-refractivity contribution in [2.45, 2.75) is 91.4 Å². The highest BCUT2D eigenvalue weighted by atomic mass is 16.5. The van der Waals surface area contributed by atoms with Crippen molar-refractivity contribution in [1.82, 2.24) is 4.57 Å². The van der Waals surface area contributed by atoms with E-state index in [9.17, 15) is 4.79 Å². The number of anilines is 1. The molecule has 0 amide bonds. The molecule has 4 nitrogen and oxygen atoms in total. The molecule has 0 fully saturated rings. The fourth-order valence-electron chi connectivity index (χ4n) is 3.40. The first-order valence-electron chi connectivity index (χ1n) is 10.8. The highest BCUT2D eigenvalue weighted by molar-refractivity contribution is 5.89. The molecule has 0 spiro atoms. The fraction of sp³-hybridized carbons (Fsp3) is 0.783. The molecular formula is C23H42N2O2. The SMILES string of the molecule is COC(=O)c1cc(NCCCCCCCCCCCCC(C)(C)C)cn1C. The average Bonchev–Trinajstić information content (AvgIpc) is 2.98. The molecule has 0 radical (unpaired) electrons. The minimum absolute atomic E-state index is 0.292. The molecule has 27 heavy (non-hydrogen) atoms. The number of hydrogen-bond acceptors (Lipinski definition) is 3. The summed E-state index contributed by atoms with van der Waals surface area (Å²) in [5.41, 5.74) is 2.07. The van der Waals surface area contributed by atoms with Gasteiger partial charge in [0.05, 0.1) is 12.8 Å². The van der Waals surface area contributed by atoms with Gasteiger partial charge >= 0.3 is 5.97 Å². The minimum atomic E-state index is -0.292. The molecule has 0 saturated carbocycles. The van der Waals surface area contributed by atoms with Crippen LogP contribution in [-0.4, -0.2) is 24.2 Å². The first-order valence-corrected chi connectivity index (χ1v) is 10.8. The molecule has 0 atom stereocenters. The highest BCUT2D eigenvalue weighted by Gasteiger charge is 2.11. The maximum absolute atomic E-state index is 11.6. The van der Waals surface area contributed by atoms with E-state index >= 15 is 0 Å². The van der Waals surface area contributed by atoms with E-state index in [1.165, 1.54) is 77.7 Å². The number of nitrogens with one attached hydrogen (secondary N) is 1. The van der Waals surface area contributed by atoms with Crippen LogP contribution in [-0.2, 0) is 11.8 Å². The number of aromatic nitrogens is 1. The van der Waals surface area contributed by atoms with Gasteiger partial charge in [0.1, 0.15) is 5.69 Å². The Labute approximate surface area is 167 Å². The van der Waals surface area contributed by atoms with Gasteiger partial charge in [-0.05, 0) is 24.3 Å². The Hall–Kier alpha value is -1.45. The molecular weight excluding hydrogens is 336 g/mol. The zero-order valence-corrected chi connectivity index (χ0v) is 18.4. The maximum atomic E-state index is 11.6. The molecule has 0 aliphatic carbocycles. The van der Waals surface area contributed by atoms with Crippen LogP contribution < -0.4 is 5.32 Å². The van der Waals surface area contributed by atoms with Gasteiger partial charge in [-0.15, -0.1) is 0 Å². The lowest BCUT2D eigenvalue weighted by Crippen LogP contribution is -2.06. The van der Waals surface area contributed by atoms with Crippen LogP contribution in [0.4, 0.5) is 5.69 Å². The van der Waals surface area contributed by atoms with Crippen molar-refractivity contribution < 1.29 is 9.53 Å². The first-order chi connectivity index (χ1) is 12.8. The Balaban J connectivity index is 1.93. The summed E-state index contributed by atoms with van der Waals surface area (Å²) in [6.45, 7) is 7.96. The third-order valence-corrected chi connectivity index (χ3v) is 5.08. The largest absolute Gasteiger partial charge is 0.464 e. The van der Waals surface area contributed by atoms with Crippen molar-refractivity contribution in [2.24, 2.45) is 12.5 Å². The summed E-state index contributed by atoms with van der Waals surface area (Å²) in [4.78, 5) is 11.6. The van der Waals surface area contributed by atoms with Gasteiger partial charge in [-0.1, -0.05) is 78.6 Å². The fourth-order valence-corrected chi connectivity index (χ4v) is 3.40. The predicted octanol–water partition coefficient (Wildman–Crippen LogP) is 6.56. The number of ether oxygens (including phenoxy) is 1. The Bertz CT molecular complexity index is 529. The molecule has 1 heterocycles. The molecule has 0 aliphatic heterocycles. The number of hydrogen-bond donors (Lipinski definition) is 1. The van der Waals surface area contributed by atoms with Crippen LogP contribution in [0.1, 0.15) is 102 Å². The molecule has 0 aliphatic rings. The van der Waals surface area contributed by atoms with Crippen molar-refractivity contribution in [3.63, 3.8) is 0 Å². The summed E-state index contributed by atoms with van der Waals surface area (Å²) < 4.78 is 6.58. The highest BCUT2D eigenvalue weighted by Crippen LogP contribution is 2.22. The molecule has 1 aromatic rings. The van der Waals surface area contributed by atoms with Gasteiger partial charge in [0, 0.05) is 19.8 Å². The van der Waals surface area contributed by atoms with E-state index in [4.69, 9.17) is 4.74 Å². The number of carbonyl (C=O) groups is 1. The van der Waals surface area contributed by atoms with E-state index in [1.807, 2.05) is 19.3 Å². The van der Waals surface area contributed by atoms with E-state index in [2.05, 4.69) is 26.1 Å². The maximum Gasteiger partial charge on any atom is 0.354 e. The zero-order valence-electron chi connectivity index (χ0n) is 18.4. The van der Waals surface area contributed by atoms with Gasteiger partial charge in [0.15, 0.2) is 0 Å². The molecule has 0 unspecified atom stereocenters. The number of aryl methyl sites for hydroxylation is 1. The van der Waals surface area contributed by atoms with Crippen LogP contribution in [0.3, 0.4) is 0 Å². The normalized spacial score (nSPS) is 11.6. The van der Waals surface area contributed by atoms with Crippen molar-refractivity contribution in [3.8, 4) is 0 Å². The third kappa shape index (κ3) is 11.1. The summed E-state index contributed by atoms with van der Waals surface area (Å²) in [7, 11) is 3.28. The van der Waals surface area contributed by atoms with Crippen LogP contribution >= 0.6 is 0 Å². The number of nitrogens with zero attached hydrogens (tertiary/aromatic N) is 1. The van der Waals surface area contributed by atoms with Crippen LogP contribution in [0, 0.1) is 5.41 Å². The summed E-state index contributed by atoms with van der Waals surface area (Å²) in [5.74, 6) is -0.292. The Kier molecular flexibility index (Phi) is 11.2. The number of esters is 1. The predicted molar refractivity (Wildman–Crippen MR) is 115 cm³/mol. The second kappa shape index (κ2) is 12.9. The average molecular weight is 379 g/mol. The van der Waals surface area contributed by atoms with Crippen molar-refractivity contribution in [1.29, 1.82) is 0 Å². The number of carbonyl (C=O) groups excluding carboxylic acids is 1. The monoisotopic (exact) mass is 378 g/mol. The number of methoxy groups -OCH3 is 1. The summed E-state index contributed by atoms with van der Waals surface area (Å²) in [5, 5.41) is 3.40. The van der Waals surface area contributed by atoms with Crippen molar-refractivity contribution >= 4 is 11.7 Å². The lowest BCUT2D eigenvalue weighted by molar-refractivity contribution is 0.0590. The molecule has 0 saturated heterocycles. The lowest BCUT2D eigenvalue weighted by atomic mass is 9.89. The van der Waals surface area contributed by atoms with Crippen molar-refractivity contribution in [2.75, 3.05) is 19.0 Å². The molecule has 1 N–H and O–H groups in total. The third-order valence-electron chi connectivity index (χ3n) is 5.08. The van der Waals surface area contributed by atoms with E-state index in [0.717, 1.165) is 12.2 Å². The van der Waals surface area contributed by atoms with Gasteiger partial charge in [-0.25, -0.2) is 4.79 Å². The Morgan fingerprint density at radius 1 is 0.963 bits per heavy atom. The smallest absolute Gasteiger partial charge is 0.354 e. The zero-order chi connectivity index (χ0) is 20.1. The van der Waals surface area contributed by atoms with E-state index < -0.39 is 0 Å². The number of rotatable bonds is 14. The molecule has 0 aromatic carbocycles. The van der Waals surface area contributed by atoms with Gasteiger partial charge in [-0.3, -0.25) is 0 Å². The van der Waals surface area contributed by atoms with Crippen LogP contribution in [0.25, 0.3) is 0 Å². The van der Waals surface area contributed by atoms with E-state index in [0.29, 0.717) is 11.1 Å². The van der Waals surface area contributed by atoms with Gasteiger partial charge in [0.2, 0.25) is 0 Å². The quantitative estimate of drug-likeness (QED) is 0.294. The first kappa shape index (κ1) is 23.6. The van der Waals surface area contributed by atoms with Gasteiger partial charge in [-0.2, -0.15) is 0 Å². The van der Waals surface area contributed by atoms with Crippen LogP contribution in [0.15, 0.2) is 12.3 Å². The molecule has 1 rings (SSSR count). The number of unbranched alkanes of at least 4 members (excludes halogenated alkanes) is 9. The molecule has 1 aromatic heterocycles. The second-order valence-electron chi connectivity index (χ2n) is 8.99. The molecule has 156 valence electrons. The van der Waals surface area contributed by atoms with E-state index in [1.54, 1.807) is 4.57 Å². The topological polar surface area (TPSA) is 43.3 Å². The van der Waals surface area contributed by atoms with Crippen LogP contribution in [0.2, 0.25) is 0 Å². The summed E-state index contributed by atoms with van der Waals surface area (Å²) >= 11 is 0.